The molecule has 0 aliphatic carbocycles. The zero-order valence-electron chi connectivity index (χ0n) is 7.81. The Bertz CT molecular complexity index is 76.0. The molecule has 0 aliphatic rings. The lowest BCUT2D eigenvalue weighted by Crippen LogP contribution is -2.10. The molecule has 68 valence electrons. The molecule has 0 rings (SSSR count). The van der Waals surface area contributed by atoms with Crippen molar-refractivity contribution in [3.05, 3.63) is 0 Å². The highest BCUT2D eigenvalue weighted by Gasteiger charge is 1.97. The van der Waals surface area contributed by atoms with E-state index < -0.39 is 0 Å². The molecule has 2 heteroatoms. The van der Waals surface area contributed by atoms with Crippen LogP contribution >= 0.6 is 0 Å². The highest BCUT2D eigenvalue weighted by atomic mass is 16.5. The maximum absolute atomic E-state index is 5.48. The molecule has 1 unspecified atom stereocenters. The third-order valence-corrected chi connectivity index (χ3v) is 1.84. The van der Waals surface area contributed by atoms with E-state index in [4.69, 9.17) is 10.5 Å². The fourth-order valence-electron chi connectivity index (χ4n) is 0.959. The van der Waals surface area contributed by atoms with Crippen molar-refractivity contribution in [2.24, 2.45) is 11.7 Å². The lowest BCUT2D eigenvalue weighted by molar-refractivity contribution is 0.142. The molecule has 0 saturated carbocycles. The first kappa shape index (κ1) is 10.9. The van der Waals surface area contributed by atoms with Gasteiger partial charge in [0.05, 0.1) is 0 Å². The van der Waals surface area contributed by atoms with Crippen molar-refractivity contribution in [3.63, 3.8) is 0 Å². The summed E-state index contributed by atoms with van der Waals surface area (Å²) < 4.78 is 5.22. The van der Waals surface area contributed by atoms with E-state index >= 15 is 0 Å². The van der Waals surface area contributed by atoms with Gasteiger partial charge in [-0.2, -0.15) is 0 Å². The van der Waals surface area contributed by atoms with Gasteiger partial charge >= 0.3 is 0 Å². The van der Waals surface area contributed by atoms with Crippen LogP contribution in [0.2, 0.25) is 0 Å². The lowest BCUT2D eigenvalue weighted by Gasteiger charge is -2.06. The van der Waals surface area contributed by atoms with Gasteiger partial charge in [0.15, 0.2) is 0 Å². The van der Waals surface area contributed by atoms with Crippen molar-refractivity contribution in [2.75, 3.05) is 19.8 Å². The van der Waals surface area contributed by atoms with Gasteiger partial charge in [0.1, 0.15) is 0 Å². The van der Waals surface area contributed by atoms with Crippen LogP contribution in [-0.2, 0) is 4.74 Å². The van der Waals surface area contributed by atoms with Gasteiger partial charge in [0.25, 0.3) is 0 Å². The Morgan fingerprint density at radius 1 is 1.36 bits per heavy atom. The van der Waals surface area contributed by atoms with Gasteiger partial charge in [0.2, 0.25) is 0 Å². The highest BCUT2D eigenvalue weighted by molar-refractivity contribution is 4.52. The lowest BCUT2D eigenvalue weighted by atomic mass is 10.1. The van der Waals surface area contributed by atoms with Gasteiger partial charge < -0.3 is 10.5 Å². The van der Waals surface area contributed by atoms with E-state index in [9.17, 15) is 0 Å². The first-order valence-electron chi connectivity index (χ1n) is 4.59. The highest BCUT2D eigenvalue weighted by Crippen LogP contribution is 2.05. The summed E-state index contributed by atoms with van der Waals surface area (Å²) in [6.07, 6.45) is 3.67. The molecule has 0 saturated heterocycles. The average Bonchev–Trinajstić information content (AvgIpc) is 2.04. The van der Waals surface area contributed by atoms with Crippen molar-refractivity contribution in [1.82, 2.24) is 0 Å². The van der Waals surface area contributed by atoms with Gasteiger partial charge in [-0.3, -0.25) is 0 Å². The molecule has 0 aromatic heterocycles. The molecule has 0 fully saturated rings. The Labute approximate surface area is 70.1 Å². The minimum absolute atomic E-state index is 0.677. The van der Waals surface area contributed by atoms with Crippen LogP contribution in [-0.4, -0.2) is 19.8 Å². The summed E-state index contributed by atoms with van der Waals surface area (Å²) in [5.74, 6) is 0.677. The molecule has 2 nitrogen and oxygen atoms in total. The number of nitrogens with two attached hydrogens (primary N) is 1. The third kappa shape index (κ3) is 7.82. The molecule has 0 bridgehead atoms. The number of ether oxygens (including phenoxy) is 1. The molecule has 0 aromatic carbocycles. The van der Waals surface area contributed by atoms with E-state index in [1.54, 1.807) is 0 Å². The minimum atomic E-state index is 0.677. The van der Waals surface area contributed by atoms with Crippen molar-refractivity contribution >= 4 is 0 Å². The summed E-state index contributed by atoms with van der Waals surface area (Å²) in [7, 11) is 0. The Morgan fingerprint density at radius 3 is 2.64 bits per heavy atom. The van der Waals surface area contributed by atoms with Crippen LogP contribution in [0.25, 0.3) is 0 Å². The van der Waals surface area contributed by atoms with Crippen LogP contribution in [0.3, 0.4) is 0 Å². The van der Waals surface area contributed by atoms with Crippen LogP contribution in [0.15, 0.2) is 0 Å². The second-order valence-corrected chi connectivity index (χ2v) is 3.03. The molecule has 0 radical (unpaired) electrons. The van der Waals surface area contributed by atoms with E-state index in [1.165, 1.54) is 19.3 Å². The molecule has 0 heterocycles. The van der Waals surface area contributed by atoms with E-state index in [0.717, 1.165) is 19.8 Å². The molecule has 0 amide bonds. The van der Waals surface area contributed by atoms with Gasteiger partial charge in [-0.25, -0.2) is 0 Å². The maximum Gasteiger partial charge on any atom is 0.0465 e. The monoisotopic (exact) mass is 159 g/mol. The molecule has 2 N–H and O–H groups in total. The first-order valence-corrected chi connectivity index (χ1v) is 4.59. The van der Waals surface area contributed by atoms with Crippen molar-refractivity contribution < 1.29 is 4.74 Å². The maximum atomic E-state index is 5.48. The van der Waals surface area contributed by atoms with Crippen LogP contribution in [0.5, 0.6) is 0 Å². The standard InChI is InChI=1S/C9H21NO/c1-3-11-7-5-4-6-9(2)8-10/h9H,3-8,10H2,1-2H3. The van der Waals surface area contributed by atoms with Crippen LogP contribution < -0.4 is 5.73 Å². The fourth-order valence-corrected chi connectivity index (χ4v) is 0.959. The summed E-state index contributed by atoms with van der Waals surface area (Å²) in [5.41, 5.74) is 5.48. The van der Waals surface area contributed by atoms with Crippen LogP contribution in [0.1, 0.15) is 33.1 Å². The molecule has 11 heavy (non-hydrogen) atoms. The Balaban J connectivity index is 2.89. The molecule has 0 aliphatic heterocycles. The zero-order chi connectivity index (χ0) is 8.53. The molecule has 0 spiro atoms. The summed E-state index contributed by atoms with van der Waals surface area (Å²) in [6, 6.07) is 0. The quantitative estimate of drug-likeness (QED) is 0.575. The van der Waals surface area contributed by atoms with Crippen LogP contribution in [0, 0.1) is 5.92 Å². The van der Waals surface area contributed by atoms with Gasteiger partial charge in [0, 0.05) is 13.2 Å². The molecular formula is C9H21NO. The van der Waals surface area contributed by atoms with Gasteiger partial charge in [-0.1, -0.05) is 13.3 Å². The normalized spacial score (nSPS) is 13.4. The van der Waals surface area contributed by atoms with E-state index in [2.05, 4.69) is 6.92 Å². The topological polar surface area (TPSA) is 35.2 Å². The first-order chi connectivity index (χ1) is 5.31. The number of hydrogen-bond acceptors (Lipinski definition) is 2. The van der Waals surface area contributed by atoms with E-state index in [-0.39, 0.29) is 0 Å². The van der Waals surface area contributed by atoms with E-state index in [0.29, 0.717) is 5.92 Å². The summed E-state index contributed by atoms with van der Waals surface area (Å²) in [6.45, 7) is 6.79. The summed E-state index contributed by atoms with van der Waals surface area (Å²) in [5, 5.41) is 0. The SMILES string of the molecule is CCOCCCCC(C)CN. The predicted molar refractivity (Wildman–Crippen MR) is 48.6 cm³/mol. The second-order valence-electron chi connectivity index (χ2n) is 3.03. The number of hydrogen-bond donors (Lipinski definition) is 1. The third-order valence-electron chi connectivity index (χ3n) is 1.84. The van der Waals surface area contributed by atoms with Crippen molar-refractivity contribution in [2.45, 2.75) is 33.1 Å². The van der Waals surface area contributed by atoms with Crippen molar-refractivity contribution in [1.29, 1.82) is 0 Å². The summed E-state index contributed by atoms with van der Waals surface area (Å²) >= 11 is 0. The Kier molecular flexibility index (Phi) is 7.96. The van der Waals surface area contributed by atoms with Gasteiger partial charge in [-0.05, 0) is 32.2 Å². The molecular weight excluding hydrogens is 138 g/mol. The van der Waals surface area contributed by atoms with E-state index in [1.807, 2.05) is 6.92 Å². The zero-order valence-corrected chi connectivity index (χ0v) is 7.81. The molecule has 1 atom stereocenters. The van der Waals surface area contributed by atoms with Crippen molar-refractivity contribution in [3.8, 4) is 0 Å². The Hall–Kier alpha value is -0.0800. The average molecular weight is 159 g/mol. The number of rotatable bonds is 7. The molecule has 0 aromatic rings. The predicted octanol–water partition coefficient (Wildman–Crippen LogP) is 1.79. The Morgan fingerprint density at radius 2 is 2.09 bits per heavy atom. The number of unbranched alkanes of at least 4 members (excludes halogenated alkanes) is 1. The summed E-state index contributed by atoms with van der Waals surface area (Å²) in [4.78, 5) is 0. The van der Waals surface area contributed by atoms with Crippen LogP contribution in [0.4, 0.5) is 0 Å². The van der Waals surface area contributed by atoms with Gasteiger partial charge in [-0.15, -0.1) is 0 Å². The minimum Gasteiger partial charge on any atom is -0.382 e. The second kappa shape index (κ2) is 8.02. The fraction of sp³-hybridized carbons (Fsp3) is 1.00. The largest absolute Gasteiger partial charge is 0.382 e. The smallest absolute Gasteiger partial charge is 0.0465 e.